The highest BCUT2D eigenvalue weighted by atomic mass is 32.2. The number of hydrogen-bond donors (Lipinski definition) is 2. The van der Waals surface area contributed by atoms with Gasteiger partial charge >= 0.3 is 0 Å². The van der Waals surface area contributed by atoms with Crippen molar-refractivity contribution in [1.82, 2.24) is 20.3 Å². The largest absolute Gasteiger partial charge is 0.389 e. The zero-order valence-electron chi connectivity index (χ0n) is 14.2. The molecule has 2 aromatic heterocycles. The standard InChI is InChI=1S/C17H21N5O2S/c1-11-9-15(21-17(19-11)25-2)22-8-6-12(14(23)10-22)20-16(24)13-5-3-4-7-18-13/h3-5,7,9,12,14,23H,6,8,10H2,1-2H3,(H,20,24). The number of carbonyl (C=O) groups is 1. The number of carbonyl (C=O) groups excluding carboxylic acids is 1. The van der Waals surface area contributed by atoms with Gasteiger partial charge in [0.1, 0.15) is 11.5 Å². The number of amides is 1. The average Bonchev–Trinajstić information content (AvgIpc) is 2.63. The van der Waals surface area contributed by atoms with Gasteiger partial charge in [-0.3, -0.25) is 9.78 Å². The molecule has 1 aliphatic rings. The highest BCUT2D eigenvalue weighted by Crippen LogP contribution is 2.21. The van der Waals surface area contributed by atoms with Gasteiger partial charge in [0.25, 0.3) is 5.91 Å². The Morgan fingerprint density at radius 3 is 2.92 bits per heavy atom. The van der Waals surface area contributed by atoms with Gasteiger partial charge in [0.15, 0.2) is 5.16 Å². The van der Waals surface area contributed by atoms with Crippen LogP contribution in [0.1, 0.15) is 22.6 Å². The molecule has 1 amide bonds. The van der Waals surface area contributed by atoms with Crippen LogP contribution in [0.15, 0.2) is 35.6 Å². The van der Waals surface area contributed by atoms with Crippen molar-refractivity contribution in [3.63, 3.8) is 0 Å². The Labute approximate surface area is 150 Å². The van der Waals surface area contributed by atoms with Gasteiger partial charge in [-0.1, -0.05) is 17.8 Å². The number of anilines is 1. The van der Waals surface area contributed by atoms with Crippen molar-refractivity contribution in [2.45, 2.75) is 30.6 Å². The Balaban J connectivity index is 1.65. The second kappa shape index (κ2) is 7.79. The van der Waals surface area contributed by atoms with E-state index in [9.17, 15) is 9.90 Å². The molecular weight excluding hydrogens is 338 g/mol. The molecule has 0 spiro atoms. The van der Waals surface area contributed by atoms with Crippen LogP contribution in [0.5, 0.6) is 0 Å². The molecule has 25 heavy (non-hydrogen) atoms. The van der Waals surface area contributed by atoms with Crippen molar-refractivity contribution in [1.29, 1.82) is 0 Å². The predicted octanol–water partition coefficient (Wildman–Crippen LogP) is 1.27. The normalized spacial score (nSPS) is 20.4. The summed E-state index contributed by atoms with van der Waals surface area (Å²) in [5, 5.41) is 14.1. The van der Waals surface area contributed by atoms with E-state index >= 15 is 0 Å². The fourth-order valence-corrected chi connectivity index (χ4v) is 3.25. The smallest absolute Gasteiger partial charge is 0.270 e. The third-order valence-corrected chi connectivity index (χ3v) is 4.67. The molecule has 1 saturated heterocycles. The van der Waals surface area contributed by atoms with Gasteiger partial charge in [-0.05, 0) is 31.7 Å². The summed E-state index contributed by atoms with van der Waals surface area (Å²) in [5.74, 6) is 0.547. The lowest BCUT2D eigenvalue weighted by molar-refractivity contribution is 0.0793. The van der Waals surface area contributed by atoms with Crippen LogP contribution in [0.25, 0.3) is 0 Å². The lowest BCUT2D eigenvalue weighted by Gasteiger charge is -2.37. The van der Waals surface area contributed by atoms with Gasteiger partial charge in [0.05, 0.1) is 12.1 Å². The Bertz CT molecular complexity index is 743. The van der Waals surface area contributed by atoms with Gasteiger partial charge in [-0.25, -0.2) is 9.97 Å². The number of aliphatic hydroxyl groups is 1. The molecule has 1 fully saturated rings. The quantitative estimate of drug-likeness (QED) is 0.627. The zero-order valence-corrected chi connectivity index (χ0v) is 15.0. The van der Waals surface area contributed by atoms with Crippen molar-refractivity contribution < 1.29 is 9.90 Å². The van der Waals surface area contributed by atoms with Crippen LogP contribution in [-0.2, 0) is 0 Å². The van der Waals surface area contributed by atoms with E-state index < -0.39 is 6.10 Å². The minimum Gasteiger partial charge on any atom is -0.389 e. The lowest BCUT2D eigenvalue weighted by atomic mass is 10.0. The summed E-state index contributed by atoms with van der Waals surface area (Å²) in [4.78, 5) is 27.1. The fourth-order valence-electron chi connectivity index (χ4n) is 2.83. The average molecular weight is 359 g/mol. The predicted molar refractivity (Wildman–Crippen MR) is 96.9 cm³/mol. The maximum atomic E-state index is 12.2. The first-order chi connectivity index (χ1) is 12.1. The van der Waals surface area contributed by atoms with Crippen LogP contribution in [0.4, 0.5) is 5.82 Å². The Hall–Kier alpha value is -2.19. The summed E-state index contributed by atoms with van der Waals surface area (Å²) in [6.45, 7) is 3.05. The van der Waals surface area contributed by atoms with E-state index in [0.717, 1.165) is 16.7 Å². The number of aromatic nitrogens is 3. The molecule has 2 aromatic rings. The van der Waals surface area contributed by atoms with Gasteiger partial charge in [-0.15, -0.1) is 0 Å². The molecule has 2 unspecified atom stereocenters. The highest BCUT2D eigenvalue weighted by molar-refractivity contribution is 7.98. The molecule has 0 bridgehead atoms. The molecule has 7 nitrogen and oxygen atoms in total. The first kappa shape index (κ1) is 17.6. The van der Waals surface area contributed by atoms with E-state index in [4.69, 9.17) is 0 Å². The molecule has 0 saturated carbocycles. The van der Waals surface area contributed by atoms with Crippen LogP contribution >= 0.6 is 11.8 Å². The van der Waals surface area contributed by atoms with Gasteiger partial charge < -0.3 is 15.3 Å². The molecule has 3 heterocycles. The summed E-state index contributed by atoms with van der Waals surface area (Å²) in [6, 6.07) is 6.80. The first-order valence-corrected chi connectivity index (χ1v) is 9.34. The Morgan fingerprint density at radius 1 is 1.40 bits per heavy atom. The van der Waals surface area contributed by atoms with Crippen LogP contribution in [0.2, 0.25) is 0 Å². The molecule has 0 aliphatic carbocycles. The number of hydrogen-bond acceptors (Lipinski definition) is 7. The van der Waals surface area contributed by atoms with E-state index in [1.54, 1.807) is 24.4 Å². The number of β-amino-alcohol motifs (C(OH)–C–C–N with tert-alkyl or cyclic N) is 1. The number of thioether (sulfide) groups is 1. The van der Waals surface area contributed by atoms with E-state index in [1.165, 1.54) is 11.8 Å². The van der Waals surface area contributed by atoms with Crippen molar-refractivity contribution in [2.24, 2.45) is 0 Å². The molecule has 132 valence electrons. The maximum absolute atomic E-state index is 12.2. The third kappa shape index (κ3) is 4.26. The summed E-state index contributed by atoms with van der Waals surface area (Å²) < 4.78 is 0. The van der Waals surface area contributed by atoms with Crippen LogP contribution < -0.4 is 10.2 Å². The summed E-state index contributed by atoms with van der Waals surface area (Å²) in [5.41, 5.74) is 1.25. The topological polar surface area (TPSA) is 91.2 Å². The van der Waals surface area contributed by atoms with Crippen molar-refractivity contribution >= 4 is 23.5 Å². The number of pyridine rings is 1. The lowest BCUT2D eigenvalue weighted by Crippen LogP contribution is -2.54. The van der Waals surface area contributed by atoms with E-state index in [2.05, 4.69) is 20.3 Å². The maximum Gasteiger partial charge on any atom is 0.270 e. The first-order valence-electron chi connectivity index (χ1n) is 8.11. The summed E-state index contributed by atoms with van der Waals surface area (Å²) in [7, 11) is 0. The molecule has 0 aromatic carbocycles. The molecule has 2 atom stereocenters. The number of aliphatic hydroxyl groups excluding tert-OH is 1. The van der Waals surface area contributed by atoms with E-state index in [-0.39, 0.29) is 11.9 Å². The third-order valence-electron chi connectivity index (χ3n) is 4.12. The minimum absolute atomic E-state index is 0.263. The minimum atomic E-state index is -0.672. The van der Waals surface area contributed by atoms with Crippen LogP contribution in [-0.4, -0.2) is 57.5 Å². The second-order valence-electron chi connectivity index (χ2n) is 5.95. The second-order valence-corrected chi connectivity index (χ2v) is 6.72. The monoisotopic (exact) mass is 359 g/mol. The zero-order chi connectivity index (χ0) is 17.8. The fraction of sp³-hybridized carbons (Fsp3) is 0.412. The summed E-state index contributed by atoms with van der Waals surface area (Å²) in [6.07, 6.45) is 3.48. The van der Waals surface area contributed by atoms with Crippen molar-refractivity contribution in [3.8, 4) is 0 Å². The van der Waals surface area contributed by atoms with Gasteiger partial charge in [-0.2, -0.15) is 0 Å². The number of rotatable bonds is 4. The van der Waals surface area contributed by atoms with Crippen molar-refractivity contribution in [2.75, 3.05) is 24.2 Å². The molecule has 8 heteroatoms. The number of nitrogens with zero attached hydrogens (tertiary/aromatic N) is 4. The number of nitrogens with one attached hydrogen (secondary N) is 1. The molecule has 2 N–H and O–H groups in total. The molecule has 1 aliphatic heterocycles. The summed E-state index contributed by atoms with van der Waals surface area (Å²) >= 11 is 1.49. The Morgan fingerprint density at radius 2 is 2.24 bits per heavy atom. The Kier molecular flexibility index (Phi) is 5.50. The van der Waals surface area contributed by atoms with Gasteiger partial charge in [0.2, 0.25) is 0 Å². The van der Waals surface area contributed by atoms with E-state index in [0.29, 0.717) is 25.2 Å². The van der Waals surface area contributed by atoms with Gasteiger partial charge in [0, 0.05) is 31.0 Å². The molecule has 0 radical (unpaired) electrons. The van der Waals surface area contributed by atoms with Crippen LogP contribution in [0, 0.1) is 6.92 Å². The van der Waals surface area contributed by atoms with Crippen molar-refractivity contribution in [3.05, 3.63) is 41.9 Å². The number of aryl methyl sites for hydroxylation is 1. The van der Waals surface area contributed by atoms with E-state index in [1.807, 2.05) is 24.1 Å². The molecule has 3 rings (SSSR count). The van der Waals surface area contributed by atoms with Crippen LogP contribution in [0.3, 0.4) is 0 Å². The number of piperidine rings is 1. The SMILES string of the molecule is CSc1nc(C)cc(N2CCC(NC(=O)c3ccccn3)C(O)C2)n1. The molecular formula is C17H21N5O2S. The highest BCUT2D eigenvalue weighted by Gasteiger charge is 2.30.